The molecule has 1 saturated heterocycles. The molecular weight excluding hydrogens is 368 g/mol. The van der Waals surface area contributed by atoms with E-state index in [1.54, 1.807) is 6.20 Å². The van der Waals surface area contributed by atoms with Crippen molar-refractivity contribution >= 4 is 17.6 Å². The highest BCUT2D eigenvalue weighted by atomic mass is 16.5. The van der Waals surface area contributed by atoms with Crippen LogP contribution < -0.4 is 10.1 Å². The second-order valence-corrected chi connectivity index (χ2v) is 8.30. The summed E-state index contributed by atoms with van der Waals surface area (Å²) in [6, 6.07) is 10.0. The Hall–Kier alpha value is -2.83. The third kappa shape index (κ3) is 3.73. The molecule has 1 atom stereocenters. The number of rotatable bonds is 4. The second kappa shape index (κ2) is 7.54. The van der Waals surface area contributed by atoms with Crippen LogP contribution in [0.2, 0.25) is 0 Å². The molecule has 0 spiro atoms. The minimum absolute atomic E-state index is 0.0944. The first-order valence-electron chi connectivity index (χ1n) is 10.5. The lowest BCUT2D eigenvalue weighted by atomic mass is 9.94. The van der Waals surface area contributed by atoms with Gasteiger partial charge < -0.3 is 15.0 Å². The van der Waals surface area contributed by atoms with Crippen molar-refractivity contribution in [3.05, 3.63) is 42.1 Å². The summed E-state index contributed by atoms with van der Waals surface area (Å²) in [6.45, 7) is 1.86. The molecule has 1 N–H and O–H groups in total. The van der Waals surface area contributed by atoms with Crippen LogP contribution in [0.4, 0.5) is 5.82 Å². The Morgan fingerprint density at radius 3 is 2.62 bits per heavy atom. The van der Waals surface area contributed by atoms with Crippen molar-refractivity contribution in [1.82, 2.24) is 14.7 Å². The fourth-order valence-electron chi connectivity index (χ4n) is 4.35. The predicted molar refractivity (Wildman–Crippen MR) is 108 cm³/mol. The molecule has 3 heterocycles. The van der Waals surface area contributed by atoms with Gasteiger partial charge in [0.15, 0.2) is 0 Å². The van der Waals surface area contributed by atoms with Gasteiger partial charge in [-0.05, 0) is 43.7 Å². The Labute approximate surface area is 170 Å². The van der Waals surface area contributed by atoms with Gasteiger partial charge >= 0.3 is 0 Å². The second-order valence-electron chi connectivity index (χ2n) is 8.30. The molecule has 152 valence electrons. The van der Waals surface area contributed by atoms with E-state index in [1.165, 1.54) is 0 Å². The maximum absolute atomic E-state index is 13.0. The number of likely N-dealkylation sites (tertiary alicyclic amines) is 1. The highest BCUT2D eigenvalue weighted by Gasteiger charge is 2.33. The van der Waals surface area contributed by atoms with Gasteiger partial charge in [0.2, 0.25) is 11.8 Å². The van der Waals surface area contributed by atoms with Crippen molar-refractivity contribution in [3.63, 3.8) is 0 Å². The van der Waals surface area contributed by atoms with Gasteiger partial charge in [0.1, 0.15) is 18.2 Å². The Morgan fingerprint density at radius 1 is 1.03 bits per heavy atom. The zero-order valence-electron chi connectivity index (χ0n) is 16.4. The first-order chi connectivity index (χ1) is 14.2. The Kier molecular flexibility index (Phi) is 4.73. The first-order valence-corrected chi connectivity index (χ1v) is 10.5. The molecule has 0 radical (unpaired) electrons. The summed E-state index contributed by atoms with van der Waals surface area (Å²) in [6.07, 6.45) is 6.11. The average molecular weight is 394 g/mol. The largest absolute Gasteiger partial charge is 0.492 e. The molecule has 7 nitrogen and oxygen atoms in total. The lowest BCUT2D eigenvalue weighted by Gasteiger charge is -2.35. The van der Waals surface area contributed by atoms with E-state index in [2.05, 4.69) is 10.4 Å². The van der Waals surface area contributed by atoms with Crippen LogP contribution in [-0.2, 0) is 16.0 Å². The first kappa shape index (κ1) is 18.2. The molecule has 3 aliphatic rings. The number of carbonyl (C=O) groups is 2. The molecule has 2 amide bonds. The highest BCUT2D eigenvalue weighted by molar-refractivity contribution is 5.93. The lowest BCUT2D eigenvalue weighted by molar-refractivity contribution is -0.138. The molecule has 1 saturated carbocycles. The number of piperidine rings is 1. The number of nitrogens with zero attached hydrogens (tertiary/aromatic N) is 3. The minimum Gasteiger partial charge on any atom is -0.492 e. The van der Waals surface area contributed by atoms with Crippen molar-refractivity contribution in [2.75, 3.05) is 25.0 Å². The Morgan fingerprint density at radius 2 is 1.83 bits per heavy atom. The van der Waals surface area contributed by atoms with Crippen molar-refractivity contribution in [2.45, 2.75) is 38.1 Å². The molecule has 7 heteroatoms. The Balaban J connectivity index is 1.19. The van der Waals surface area contributed by atoms with Crippen LogP contribution in [0.25, 0.3) is 0 Å². The van der Waals surface area contributed by atoms with E-state index < -0.39 is 0 Å². The van der Waals surface area contributed by atoms with Crippen LogP contribution in [0.1, 0.15) is 37.3 Å². The fourth-order valence-corrected chi connectivity index (χ4v) is 4.35. The number of nitrogens with one attached hydrogen (secondary N) is 1. The van der Waals surface area contributed by atoms with Gasteiger partial charge in [-0.3, -0.25) is 9.59 Å². The quantitative estimate of drug-likeness (QED) is 0.865. The number of ether oxygens (including phenoxy) is 1. The summed E-state index contributed by atoms with van der Waals surface area (Å²) in [5.74, 6) is 2.00. The Bertz CT molecular complexity index is 912. The minimum atomic E-state index is -0.112. The smallest absolute Gasteiger partial charge is 0.229 e. The van der Waals surface area contributed by atoms with E-state index in [0.29, 0.717) is 19.7 Å². The zero-order chi connectivity index (χ0) is 19.8. The van der Waals surface area contributed by atoms with E-state index >= 15 is 0 Å². The molecule has 0 unspecified atom stereocenters. The number of anilines is 1. The third-order valence-corrected chi connectivity index (χ3v) is 6.22. The van der Waals surface area contributed by atoms with Crippen LogP contribution in [0.3, 0.4) is 0 Å². The van der Waals surface area contributed by atoms with Crippen LogP contribution >= 0.6 is 0 Å². The van der Waals surface area contributed by atoms with Crippen LogP contribution in [-0.4, -0.2) is 46.2 Å². The number of para-hydroxylation sites is 1. The zero-order valence-corrected chi connectivity index (χ0v) is 16.4. The van der Waals surface area contributed by atoms with E-state index in [0.717, 1.165) is 49.2 Å². The summed E-state index contributed by atoms with van der Waals surface area (Å²) in [7, 11) is 0. The molecule has 2 aliphatic heterocycles. The van der Waals surface area contributed by atoms with E-state index in [-0.39, 0.29) is 29.7 Å². The predicted octanol–water partition coefficient (Wildman–Crippen LogP) is 2.65. The number of carbonyl (C=O) groups excluding carboxylic acids is 2. The van der Waals surface area contributed by atoms with Gasteiger partial charge in [-0.15, -0.1) is 0 Å². The number of fused-ring (bicyclic) bond motifs is 1. The lowest BCUT2D eigenvalue weighted by Crippen LogP contribution is -2.45. The van der Waals surface area contributed by atoms with Crippen LogP contribution in [0.15, 0.2) is 36.5 Å². The summed E-state index contributed by atoms with van der Waals surface area (Å²) < 4.78 is 7.72. The maximum atomic E-state index is 13.0. The molecule has 1 aliphatic carbocycles. The summed E-state index contributed by atoms with van der Waals surface area (Å²) in [5, 5.41) is 7.45. The van der Waals surface area contributed by atoms with Crippen molar-refractivity contribution in [1.29, 1.82) is 0 Å². The normalized spacial score (nSPS) is 21.9. The molecular formula is C22H26N4O3. The summed E-state index contributed by atoms with van der Waals surface area (Å²) >= 11 is 0. The molecule has 2 aromatic rings. The molecule has 0 bridgehead atoms. The van der Waals surface area contributed by atoms with Crippen molar-refractivity contribution in [3.8, 4) is 5.75 Å². The SMILES string of the molecule is O=C(Nc1ccnn1C1CCN(C(=O)[C@@H]2COc3ccccc3C2)CC1)C1CC1. The van der Waals surface area contributed by atoms with Crippen molar-refractivity contribution in [2.24, 2.45) is 11.8 Å². The van der Waals surface area contributed by atoms with Crippen LogP contribution in [0, 0.1) is 11.8 Å². The number of amides is 2. The summed E-state index contributed by atoms with van der Waals surface area (Å²) in [4.78, 5) is 27.1. The van der Waals surface area contributed by atoms with Gasteiger partial charge in [0.25, 0.3) is 0 Å². The number of benzene rings is 1. The van der Waals surface area contributed by atoms with E-state index in [4.69, 9.17) is 4.74 Å². The summed E-state index contributed by atoms with van der Waals surface area (Å²) in [5.41, 5.74) is 1.11. The highest BCUT2D eigenvalue weighted by Crippen LogP contribution is 2.32. The number of hydrogen-bond donors (Lipinski definition) is 1. The van der Waals surface area contributed by atoms with Gasteiger partial charge in [-0.2, -0.15) is 5.10 Å². The molecule has 2 fully saturated rings. The van der Waals surface area contributed by atoms with Crippen molar-refractivity contribution < 1.29 is 14.3 Å². The monoisotopic (exact) mass is 394 g/mol. The standard InChI is InChI=1S/C22H26N4O3/c27-21(15-5-6-15)24-20-7-10-23-26(20)18-8-11-25(12-9-18)22(28)17-13-16-3-1-2-4-19(16)29-14-17/h1-4,7,10,15,17-18H,5-6,8-9,11-14H2,(H,24,27)/t17-/m0/s1. The van der Waals surface area contributed by atoms with E-state index in [1.807, 2.05) is 39.9 Å². The molecule has 1 aromatic carbocycles. The topological polar surface area (TPSA) is 76.5 Å². The van der Waals surface area contributed by atoms with Gasteiger partial charge in [-0.1, -0.05) is 18.2 Å². The fraction of sp³-hybridized carbons (Fsp3) is 0.500. The van der Waals surface area contributed by atoms with E-state index in [9.17, 15) is 9.59 Å². The van der Waals surface area contributed by atoms with Crippen LogP contribution in [0.5, 0.6) is 5.75 Å². The van der Waals surface area contributed by atoms with Gasteiger partial charge in [0.05, 0.1) is 18.2 Å². The molecule has 29 heavy (non-hydrogen) atoms. The van der Waals surface area contributed by atoms with Gasteiger partial charge in [0, 0.05) is 25.1 Å². The molecule has 5 rings (SSSR count). The maximum Gasteiger partial charge on any atom is 0.229 e. The number of hydrogen-bond acceptors (Lipinski definition) is 4. The average Bonchev–Trinajstić information content (AvgIpc) is 3.53. The van der Waals surface area contributed by atoms with Gasteiger partial charge in [-0.25, -0.2) is 4.68 Å². The third-order valence-electron chi connectivity index (χ3n) is 6.22. The number of aromatic nitrogens is 2. The molecule has 1 aromatic heterocycles.